The van der Waals surface area contributed by atoms with Crippen molar-refractivity contribution in [3.63, 3.8) is 0 Å². The van der Waals surface area contributed by atoms with E-state index < -0.39 is 0 Å². The second-order valence-electron chi connectivity index (χ2n) is 6.76. The molecule has 2 N–H and O–H groups in total. The largest absolute Gasteiger partial charge is 0.484 e. The third-order valence-electron chi connectivity index (χ3n) is 4.43. The topological polar surface area (TPSA) is 79.4 Å². The summed E-state index contributed by atoms with van der Waals surface area (Å²) in [5, 5.41) is 6.62. The first-order chi connectivity index (χ1) is 13.6. The lowest BCUT2D eigenvalue weighted by molar-refractivity contribution is -0.123. The zero-order valence-corrected chi connectivity index (χ0v) is 16.8. The molecule has 2 heterocycles. The Kier molecular flexibility index (Phi) is 7.31. The van der Waals surface area contributed by atoms with Crippen molar-refractivity contribution in [1.82, 2.24) is 15.3 Å². The van der Waals surface area contributed by atoms with Gasteiger partial charge in [0.05, 0.1) is 0 Å². The van der Waals surface area contributed by atoms with Crippen LogP contribution in [0.25, 0.3) is 0 Å². The Morgan fingerprint density at radius 2 is 1.89 bits per heavy atom. The van der Waals surface area contributed by atoms with Gasteiger partial charge in [0, 0.05) is 43.0 Å². The number of nitrogens with one attached hydrogen (secondary N) is 2. The Morgan fingerprint density at radius 3 is 2.64 bits per heavy atom. The summed E-state index contributed by atoms with van der Waals surface area (Å²) in [7, 11) is 0. The number of hydrogen-bond donors (Lipinski definition) is 2. The minimum atomic E-state index is -0.184. The first-order valence-corrected chi connectivity index (χ1v) is 9.97. The highest BCUT2D eigenvalue weighted by atomic mass is 35.5. The Balaban J connectivity index is 1.40. The van der Waals surface area contributed by atoms with Crippen LogP contribution in [0.15, 0.2) is 30.3 Å². The Morgan fingerprint density at radius 1 is 1.14 bits per heavy atom. The predicted molar refractivity (Wildman–Crippen MR) is 111 cm³/mol. The Bertz CT molecular complexity index is 779. The zero-order chi connectivity index (χ0) is 19.8. The summed E-state index contributed by atoms with van der Waals surface area (Å²) in [6.45, 7) is 5.01. The molecule has 0 radical (unpaired) electrons. The van der Waals surface area contributed by atoms with E-state index in [4.69, 9.17) is 16.3 Å². The number of nitrogens with zero attached hydrogens (tertiary/aromatic N) is 3. The maximum Gasteiger partial charge on any atom is 0.258 e. The van der Waals surface area contributed by atoms with Crippen LogP contribution in [-0.2, 0) is 4.79 Å². The molecule has 0 unspecified atom stereocenters. The number of aromatic nitrogens is 2. The van der Waals surface area contributed by atoms with E-state index in [1.165, 1.54) is 19.3 Å². The molecule has 0 atom stereocenters. The standard InChI is InChI=1S/C20H26ClN5O2/c1-15-13-18(26-11-3-2-4-12-26)25-20(24-15)23-10-9-22-19(27)14-28-17-7-5-16(21)6-8-17/h5-8,13H,2-4,9-12,14H2,1H3,(H,22,27)(H,23,24,25). The predicted octanol–water partition coefficient (Wildman–Crippen LogP) is 3.04. The van der Waals surface area contributed by atoms with Gasteiger partial charge in [0.1, 0.15) is 11.6 Å². The Hall–Kier alpha value is -2.54. The molecule has 150 valence electrons. The maximum atomic E-state index is 11.9. The van der Waals surface area contributed by atoms with Crippen LogP contribution in [0.4, 0.5) is 11.8 Å². The molecule has 1 aliphatic heterocycles. The van der Waals surface area contributed by atoms with Crippen LogP contribution in [0.3, 0.4) is 0 Å². The molecule has 0 spiro atoms. The number of aryl methyl sites for hydroxylation is 1. The molecule has 0 saturated carbocycles. The number of anilines is 2. The molecular weight excluding hydrogens is 378 g/mol. The van der Waals surface area contributed by atoms with Crippen molar-refractivity contribution in [2.24, 2.45) is 0 Å². The number of carbonyl (C=O) groups is 1. The van der Waals surface area contributed by atoms with Crippen molar-refractivity contribution in [2.45, 2.75) is 26.2 Å². The summed E-state index contributed by atoms with van der Waals surface area (Å²) in [6, 6.07) is 8.92. The van der Waals surface area contributed by atoms with Crippen molar-refractivity contribution in [2.75, 3.05) is 43.0 Å². The molecular formula is C20H26ClN5O2. The van der Waals surface area contributed by atoms with Crippen molar-refractivity contribution < 1.29 is 9.53 Å². The van der Waals surface area contributed by atoms with Gasteiger partial charge < -0.3 is 20.3 Å². The lowest BCUT2D eigenvalue weighted by Gasteiger charge is -2.28. The molecule has 0 bridgehead atoms. The van der Waals surface area contributed by atoms with Crippen LogP contribution in [0, 0.1) is 6.92 Å². The third-order valence-corrected chi connectivity index (χ3v) is 4.69. The van der Waals surface area contributed by atoms with Gasteiger partial charge in [-0.15, -0.1) is 0 Å². The summed E-state index contributed by atoms with van der Waals surface area (Å²) >= 11 is 5.82. The van der Waals surface area contributed by atoms with E-state index in [9.17, 15) is 4.79 Å². The van der Waals surface area contributed by atoms with Gasteiger partial charge in [0.25, 0.3) is 5.91 Å². The number of hydrogen-bond acceptors (Lipinski definition) is 6. The monoisotopic (exact) mass is 403 g/mol. The van der Waals surface area contributed by atoms with E-state index in [-0.39, 0.29) is 12.5 Å². The van der Waals surface area contributed by atoms with Gasteiger partial charge in [-0.25, -0.2) is 4.98 Å². The molecule has 3 rings (SSSR count). The fourth-order valence-corrected chi connectivity index (χ4v) is 3.15. The molecule has 0 aliphatic carbocycles. The maximum absolute atomic E-state index is 11.9. The smallest absolute Gasteiger partial charge is 0.258 e. The van der Waals surface area contributed by atoms with Crippen molar-refractivity contribution in [3.8, 4) is 5.75 Å². The minimum Gasteiger partial charge on any atom is -0.484 e. The number of ether oxygens (including phenoxy) is 1. The fraction of sp³-hybridized carbons (Fsp3) is 0.450. The van der Waals surface area contributed by atoms with Gasteiger partial charge in [0.2, 0.25) is 5.95 Å². The van der Waals surface area contributed by atoms with Crippen LogP contribution >= 0.6 is 11.6 Å². The van der Waals surface area contributed by atoms with Gasteiger partial charge in [0.15, 0.2) is 6.61 Å². The highest BCUT2D eigenvalue weighted by Crippen LogP contribution is 2.19. The first-order valence-electron chi connectivity index (χ1n) is 9.60. The normalized spacial score (nSPS) is 13.9. The summed E-state index contributed by atoms with van der Waals surface area (Å²) in [4.78, 5) is 23.2. The van der Waals surface area contributed by atoms with Crippen LogP contribution in [0.1, 0.15) is 25.0 Å². The van der Waals surface area contributed by atoms with E-state index in [1.54, 1.807) is 24.3 Å². The molecule has 1 aromatic carbocycles. The van der Waals surface area contributed by atoms with E-state index >= 15 is 0 Å². The van der Waals surface area contributed by atoms with Crippen LogP contribution in [0.5, 0.6) is 5.75 Å². The lowest BCUT2D eigenvalue weighted by atomic mass is 10.1. The van der Waals surface area contributed by atoms with Gasteiger partial charge in [-0.1, -0.05) is 11.6 Å². The number of piperidine rings is 1. The molecule has 1 amide bonds. The number of amides is 1. The van der Waals surface area contributed by atoms with Gasteiger partial charge in [-0.2, -0.15) is 4.98 Å². The Labute approximate surface area is 170 Å². The molecule has 28 heavy (non-hydrogen) atoms. The number of rotatable bonds is 8. The van der Waals surface area contributed by atoms with Gasteiger partial charge >= 0.3 is 0 Å². The molecule has 1 fully saturated rings. The van der Waals surface area contributed by atoms with Crippen molar-refractivity contribution in [3.05, 3.63) is 41.0 Å². The number of benzene rings is 1. The highest BCUT2D eigenvalue weighted by Gasteiger charge is 2.13. The van der Waals surface area contributed by atoms with E-state index in [0.29, 0.717) is 29.8 Å². The van der Waals surface area contributed by atoms with Gasteiger partial charge in [-0.05, 0) is 50.5 Å². The summed E-state index contributed by atoms with van der Waals surface area (Å²) in [6.07, 6.45) is 3.69. The summed E-state index contributed by atoms with van der Waals surface area (Å²) < 4.78 is 5.42. The SMILES string of the molecule is Cc1cc(N2CCCCC2)nc(NCCNC(=O)COc2ccc(Cl)cc2)n1. The average Bonchev–Trinajstić information content (AvgIpc) is 2.71. The molecule has 1 aromatic heterocycles. The minimum absolute atomic E-state index is 0.0400. The molecule has 7 nitrogen and oxygen atoms in total. The quantitative estimate of drug-likeness (QED) is 0.659. The highest BCUT2D eigenvalue weighted by molar-refractivity contribution is 6.30. The van der Waals surface area contributed by atoms with Crippen LogP contribution < -0.4 is 20.3 Å². The summed E-state index contributed by atoms with van der Waals surface area (Å²) in [5.74, 6) is 1.98. The lowest BCUT2D eigenvalue weighted by Crippen LogP contribution is -2.33. The zero-order valence-electron chi connectivity index (χ0n) is 16.1. The second-order valence-corrected chi connectivity index (χ2v) is 7.19. The number of halogens is 1. The third kappa shape index (κ3) is 6.27. The molecule has 1 aliphatic rings. The number of carbonyl (C=O) groups excluding carboxylic acids is 1. The van der Waals surface area contributed by atoms with Crippen LogP contribution in [0.2, 0.25) is 5.02 Å². The van der Waals surface area contributed by atoms with E-state index in [2.05, 4.69) is 25.5 Å². The average molecular weight is 404 g/mol. The van der Waals surface area contributed by atoms with Crippen molar-refractivity contribution in [1.29, 1.82) is 0 Å². The summed E-state index contributed by atoms with van der Waals surface area (Å²) in [5.41, 5.74) is 0.929. The molecule has 8 heteroatoms. The van der Waals surface area contributed by atoms with E-state index in [1.807, 2.05) is 13.0 Å². The molecule has 1 saturated heterocycles. The van der Waals surface area contributed by atoms with Crippen molar-refractivity contribution >= 4 is 29.3 Å². The van der Waals surface area contributed by atoms with Gasteiger partial charge in [-0.3, -0.25) is 4.79 Å². The fourth-order valence-electron chi connectivity index (χ4n) is 3.02. The van der Waals surface area contributed by atoms with E-state index in [0.717, 1.165) is 24.6 Å². The molecule has 2 aromatic rings. The second kappa shape index (κ2) is 10.1. The first kappa shape index (κ1) is 20.2. The van der Waals surface area contributed by atoms with Crippen LogP contribution in [-0.4, -0.2) is 48.7 Å².